The van der Waals surface area contributed by atoms with Crippen LogP contribution in [0.5, 0.6) is 5.88 Å². The fraction of sp³-hybridized carbons (Fsp3) is 0.400. The second kappa shape index (κ2) is 6.91. The quantitative estimate of drug-likeness (QED) is 0.590. The number of aromatic nitrogens is 6. The van der Waals surface area contributed by atoms with Crippen LogP contribution in [0.1, 0.15) is 30.7 Å². The van der Waals surface area contributed by atoms with Gasteiger partial charge in [0.15, 0.2) is 0 Å². The van der Waals surface area contributed by atoms with Crippen LogP contribution in [0, 0.1) is 12.8 Å². The van der Waals surface area contributed by atoms with Gasteiger partial charge in [0, 0.05) is 30.0 Å². The monoisotopic (exact) mass is 391 g/mol. The van der Waals surface area contributed by atoms with Gasteiger partial charge in [-0.1, -0.05) is 0 Å². The van der Waals surface area contributed by atoms with E-state index in [0.717, 1.165) is 42.7 Å². The van der Waals surface area contributed by atoms with E-state index >= 15 is 0 Å². The molecule has 0 aliphatic carbocycles. The lowest BCUT2D eigenvalue weighted by molar-refractivity contribution is -0.122. The van der Waals surface area contributed by atoms with E-state index in [1.54, 1.807) is 35.8 Å². The molecule has 2 fully saturated rings. The van der Waals surface area contributed by atoms with E-state index in [1.165, 1.54) is 0 Å². The lowest BCUT2D eigenvalue weighted by Gasteiger charge is -2.33. The molecule has 3 aromatic heterocycles. The van der Waals surface area contributed by atoms with E-state index in [1.807, 2.05) is 24.0 Å². The van der Waals surface area contributed by atoms with Gasteiger partial charge in [-0.3, -0.25) is 14.8 Å². The summed E-state index contributed by atoms with van der Waals surface area (Å²) < 4.78 is 5.88. The molecule has 0 N–H and O–H groups in total. The van der Waals surface area contributed by atoms with E-state index in [2.05, 4.69) is 20.2 Å². The van der Waals surface area contributed by atoms with Crippen molar-refractivity contribution in [2.24, 2.45) is 5.92 Å². The van der Waals surface area contributed by atoms with Gasteiger partial charge in [-0.05, 0) is 38.3 Å². The van der Waals surface area contributed by atoms with E-state index < -0.39 is 5.54 Å². The smallest absolute Gasteiger partial charge is 0.232 e. The fourth-order valence-corrected chi connectivity index (χ4v) is 4.84. The molecular formula is C20H21N7O2. The third kappa shape index (κ3) is 2.84. The number of ether oxygens (including phenoxy) is 1. The van der Waals surface area contributed by atoms with Crippen LogP contribution >= 0.6 is 0 Å². The number of hydrogen-bond donors (Lipinski definition) is 0. The number of fused-ring (bicyclic) bond motifs is 2. The molecule has 3 unspecified atom stereocenters. The van der Waals surface area contributed by atoms with Gasteiger partial charge >= 0.3 is 0 Å². The molecule has 2 aliphatic heterocycles. The van der Waals surface area contributed by atoms with Crippen molar-refractivity contribution in [2.75, 3.05) is 6.61 Å². The van der Waals surface area contributed by atoms with Crippen LogP contribution in [0.15, 0.2) is 43.1 Å². The van der Waals surface area contributed by atoms with Gasteiger partial charge in [0.25, 0.3) is 0 Å². The highest BCUT2D eigenvalue weighted by atomic mass is 16.5. The first kappa shape index (κ1) is 17.7. The molecule has 148 valence electrons. The van der Waals surface area contributed by atoms with Gasteiger partial charge in [0.1, 0.15) is 5.69 Å². The first-order chi connectivity index (χ1) is 14.2. The highest BCUT2D eigenvalue weighted by Crippen LogP contribution is 2.55. The minimum absolute atomic E-state index is 0.116. The lowest BCUT2D eigenvalue weighted by Crippen LogP contribution is -2.39. The molecule has 2 saturated heterocycles. The Kier molecular flexibility index (Phi) is 4.22. The molecule has 9 nitrogen and oxygen atoms in total. The van der Waals surface area contributed by atoms with E-state index in [-0.39, 0.29) is 12.0 Å². The summed E-state index contributed by atoms with van der Waals surface area (Å²) in [5.41, 5.74) is 2.09. The normalized spacial score (nSPS) is 25.3. The average molecular weight is 391 g/mol. The Balaban J connectivity index is 1.50. The zero-order valence-corrected chi connectivity index (χ0v) is 16.0. The molecule has 3 aromatic rings. The van der Waals surface area contributed by atoms with Gasteiger partial charge in [0.2, 0.25) is 12.3 Å². The maximum Gasteiger partial charge on any atom is 0.232 e. The Morgan fingerprint density at radius 2 is 2.10 bits per heavy atom. The van der Waals surface area contributed by atoms with Crippen molar-refractivity contribution in [2.45, 2.75) is 37.8 Å². The van der Waals surface area contributed by atoms with Crippen LogP contribution in [-0.4, -0.2) is 53.9 Å². The van der Waals surface area contributed by atoms with Gasteiger partial charge < -0.3 is 9.64 Å². The molecule has 0 radical (unpaired) electrons. The topological polar surface area (TPSA) is 98.9 Å². The number of carbonyl (C=O) groups excluding carboxylic acids is 1. The number of hydrogen-bond acceptors (Lipinski definition) is 7. The number of carbonyl (C=O) groups is 1. The second-order valence-electron chi connectivity index (χ2n) is 7.61. The highest BCUT2D eigenvalue weighted by Gasteiger charge is 2.59. The Labute approximate surface area is 167 Å². The van der Waals surface area contributed by atoms with Gasteiger partial charge in [-0.25, -0.2) is 4.98 Å². The molecule has 2 aliphatic rings. The summed E-state index contributed by atoms with van der Waals surface area (Å²) >= 11 is 0. The minimum atomic E-state index is -0.474. The molecule has 29 heavy (non-hydrogen) atoms. The maximum atomic E-state index is 12.1. The Morgan fingerprint density at radius 3 is 2.86 bits per heavy atom. The second-order valence-corrected chi connectivity index (χ2v) is 7.61. The van der Waals surface area contributed by atoms with Crippen LogP contribution in [0.2, 0.25) is 0 Å². The van der Waals surface area contributed by atoms with Crippen LogP contribution in [0.25, 0.3) is 5.69 Å². The molecule has 0 saturated carbocycles. The molecule has 0 aromatic carbocycles. The van der Waals surface area contributed by atoms with E-state index in [4.69, 9.17) is 9.72 Å². The van der Waals surface area contributed by atoms with Crippen molar-refractivity contribution in [1.29, 1.82) is 0 Å². The molecule has 1 amide bonds. The third-order valence-electron chi connectivity index (χ3n) is 6.04. The molecule has 5 heterocycles. The number of rotatable bonds is 6. The summed E-state index contributed by atoms with van der Waals surface area (Å²) in [5, 5.41) is 8.58. The average Bonchev–Trinajstić information content (AvgIpc) is 3.47. The molecule has 9 heteroatoms. The van der Waals surface area contributed by atoms with Crippen LogP contribution < -0.4 is 4.74 Å². The summed E-state index contributed by atoms with van der Waals surface area (Å²) in [6.07, 6.45) is 11.6. The van der Waals surface area contributed by atoms with Gasteiger partial charge in [-0.15, -0.1) is 4.80 Å². The Hall–Kier alpha value is -3.36. The van der Waals surface area contributed by atoms with Crippen molar-refractivity contribution >= 4 is 6.41 Å². The van der Waals surface area contributed by atoms with Crippen LogP contribution in [0.4, 0.5) is 0 Å². The number of nitrogens with zero attached hydrogens (tertiary/aromatic N) is 7. The summed E-state index contributed by atoms with van der Waals surface area (Å²) in [5.74, 6) is 0.689. The zero-order chi connectivity index (χ0) is 19.8. The Bertz CT molecular complexity index is 1010. The summed E-state index contributed by atoms with van der Waals surface area (Å²) in [7, 11) is 0. The fourth-order valence-electron chi connectivity index (χ4n) is 4.84. The molecule has 0 spiro atoms. The van der Waals surface area contributed by atoms with E-state index in [0.29, 0.717) is 12.5 Å². The lowest BCUT2D eigenvalue weighted by atomic mass is 9.78. The summed E-state index contributed by atoms with van der Waals surface area (Å²) in [6, 6.07) is 4.04. The summed E-state index contributed by atoms with van der Waals surface area (Å²) in [6.45, 7) is 2.44. The number of amides is 1. The SMILES string of the molecule is Cc1ccc(-n2nccn2)c(C23CCC(C(COc4cnccn4)C2)N3C=O)n1. The largest absolute Gasteiger partial charge is 0.476 e. The van der Waals surface area contributed by atoms with Crippen molar-refractivity contribution in [3.8, 4) is 11.6 Å². The van der Waals surface area contributed by atoms with Crippen molar-refractivity contribution < 1.29 is 9.53 Å². The van der Waals surface area contributed by atoms with Crippen molar-refractivity contribution in [3.05, 3.63) is 54.5 Å². The first-order valence-corrected chi connectivity index (χ1v) is 9.69. The van der Waals surface area contributed by atoms with Crippen molar-refractivity contribution in [3.63, 3.8) is 0 Å². The molecule has 2 bridgehead atoms. The minimum Gasteiger partial charge on any atom is -0.476 e. The number of aryl methyl sites for hydroxylation is 1. The predicted molar refractivity (Wildman–Crippen MR) is 102 cm³/mol. The van der Waals surface area contributed by atoms with Crippen molar-refractivity contribution in [1.82, 2.24) is 34.8 Å². The van der Waals surface area contributed by atoms with E-state index in [9.17, 15) is 4.79 Å². The molecular weight excluding hydrogens is 370 g/mol. The standard InChI is InChI=1S/C20H21N7O2/c1-14-2-3-17(27-23-8-9-24-27)19(25-14)20-5-4-16(26(20)13-28)15(10-20)12-29-18-11-21-6-7-22-18/h2-3,6-9,11,13,15-16H,4-5,10,12H2,1H3. The molecule has 5 rings (SSSR count). The summed E-state index contributed by atoms with van der Waals surface area (Å²) in [4.78, 5) is 28.7. The highest BCUT2D eigenvalue weighted by molar-refractivity contribution is 5.56. The predicted octanol–water partition coefficient (Wildman–Crippen LogP) is 1.68. The van der Waals surface area contributed by atoms with Gasteiger partial charge in [0.05, 0.1) is 36.4 Å². The Morgan fingerprint density at radius 1 is 1.24 bits per heavy atom. The maximum absolute atomic E-state index is 12.1. The van der Waals surface area contributed by atoms with Gasteiger partial charge in [-0.2, -0.15) is 10.2 Å². The van der Waals surface area contributed by atoms with Crippen LogP contribution in [0.3, 0.4) is 0 Å². The third-order valence-corrected chi connectivity index (χ3v) is 6.04. The van der Waals surface area contributed by atoms with Crippen LogP contribution in [-0.2, 0) is 10.3 Å². The molecule has 3 atom stereocenters. The zero-order valence-electron chi connectivity index (χ0n) is 16.0. The number of pyridine rings is 1. The first-order valence-electron chi connectivity index (χ1n) is 9.69.